The number of hydrogen-bond acceptors (Lipinski definition) is 7. The summed E-state index contributed by atoms with van der Waals surface area (Å²) in [5, 5.41) is 11.3. The van der Waals surface area contributed by atoms with Gasteiger partial charge >= 0.3 is 5.69 Å². The topological polar surface area (TPSA) is 107 Å². The highest BCUT2D eigenvalue weighted by Gasteiger charge is 2.30. The van der Waals surface area contributed by atoms with Crippen LogP contribution in [0.4, 0.5) is 11.5 Å². The van der Waals surface area contributed by atoms with Crippen molar-refractivity contribution in [2.75, 3.05) is 31.6 Å². The minimum atomic E-state index is -0.522. The summed E-state index contributed by atoms with van der Waals surface area (Å²) in [6.45, 7) is 7.51. The van der Waals surface area contributed by atoms with Gasteiger partial charge in [0.05, 0.1) is 12.0 Å². The molecule has 0 saturated heterocycles. The Hall–Kier alpha value is -1.96. The molecule has 1 heterocycles. The first-order chi connectivity index (χ1) is 9.36. The van der Waals surface area contributed by atoms with Crippen molar-refractivity contribution >= 4 is 11.5 Å². The zero-order valence-electron chi connectivity index (χ0n) is 12.3. The summed E-state index contributed by atoms with van der Waals surface area (Å²) in [6, 6.07) is 0. The largest absolute Gasteiger partial charge is 0.476 e. The molecule has 0 bridgehead atoms. The molecule has 0 spiro atoms. The number of aromatic nitrogens is 2. The average Bonchev–Trinajstić information content (AvgIpc) is 2.43. The van der Waals surface area contributed by atoms with Crippen LogP contribution in [0.5, 0.6) is 5.88 Å². The van der Waals surface area contributed by atoms with Crippen LogP contribution in [0, 0.1) is 15.5 Å². The van der Waals surface area contributed by atoms with E-state index in [4.69, 9.17) is 10.5 Å². The number of nitrogens with zero attached hydrogens (tertiary/aromatic N) is 4. The summed E-state index contributed by atoms with van der Waals surface area (Å²) in [5.41, 5.74) is 5.33. The van der Waals surface area contributed by atoms with Gasteiger partial charge in [0.15, 0.2) is 0 Å². The number of methoxy groups -OCH3 is 1. The Labute approximate surface area is 118 Å². The normalized spacial score (nSPS) is 11.2. The number of rotatable bonds is 7. The van der Waals surface area contributed by atoms with Crippen LogP contribution in [0.15, 0.2) is 6.33 Å². The lowest BCUT2D eigenvalue weighted by Crippen LogP contribution is -2.39. The molecule has 1 rings (SSSR count). The number of hydrogen-bond donors (Lipinski definition) is 1. The second-order valence-corrected chi connectivity index (χ2v) is 5.19. The highest BCUT2D eigenvalue weighted by atomic mass is 16.6. The highest BCUT2D eigenvalue weighted by molar-refractivity contribution is 5.62. The van der Waals surface area contributed by atoms with E-state index in [1.165, 1.54) is 13.4 Å². The molecule has 0 fully saturated rings. The minimum Gasteiger partial charge on any atom is -0.476 e. The summed E-state index contributed by atoms with van der Waals surface area (Å²) in [7, 11) is 1.35. The zero-order chi connectivity index (χ0) is 15.3. The molecule has 0 radical (unpaired) electrons. The number of nitro groups is 1. The van der Waals surface area contributed by atoms with E-state index >= 15 is 0 Å². The van der Waals surface area contributed by atoms with Crippen molar-refractivity contribution in [2.45, 2.75) is 20.8 Å². The lowest BCUT2D eigenvalue weighted by molar-refractivity contribution is -0.385. The Morgan fingerprint density at radius 1 is 1.50 bits per heavy atom. The van der Waals surface area contributed by atoms with Gasteiger partial charge in [-0.2, -0.15) is 4.98 Å². The summed E-state index contributed by atoms with van der Waals surface area (Å²) in [4.78, 5) is 20.4. The van der Waals surface area contributed by atoms with Crippen molar-refractivity contribution in [1.29, 1.82) is 0 Å². The second kappa shape index (κ2) is 6.47. The van der Waals surface area contributed by atoms with Crippen molar-refractivity contribution in [3.63, 3.8) is 0 Å². The highest BCUT2D eigenvalue weighted by Crippen LogP contribution is 2.34. The molecule has 0 atom stereocenters. The Balaban J connectivity index is 3.25. The second-order valence-electron chi connectivity index (χ2n) is 5.19. The quantitative estimate of drug-likeness (QED) is 0.591. The molecule has 8 heteroatoms. The molecule has 0 aliphatic rings. The minimum absolute atomic E-state index is 0.0380. The molecule has 112 valence electrons. The van der Waals surface area contributed by atoms with Crippen molar-refractivity contribution in [2.24, 2.45) is 11.1 Å². The van der Waals surface area contributed by atoms with Gasteiger partial charge in [-0.3, -0.25) is 10.1 Å². The molecule has 20 heavy (non-hydrogen) atoms. The molecular weight excluding hydrogens is 262 g/mol. The van der Waals surface area contributed by atoms with E-state index in [2.05, 4.69) is 9.97 Å². The van der Waals surface area contributed by atoms with Crippen LogP contribution in [-0.4, -0.2) is 41.6 Å². The van der Waals surface area contributed by atoms with E-state index in [-0.39, 0.29) is 22.8 Å². The molecule has 0 amide bonds. The van der Waals surface area contributed by atoms with E-state index in [0.29, 0.717) is 19.6 Å². The summed E-state index contributed by atoms with van der Waals surface area (Å²) < 4.78 is 4.95. The molecule has 8 nitrogen and oxygen atoms in total. The van der Waals surface area contributed by atoms with Gasteiger partial charge < -0.3 is 15.4 Å². The number of nitrogens with two attached hydrogens (primary N) is 1. The van der Waals surface area contributed by atoms with E-state index in [1.54, 1.807) is 0 Å². The Kier molecular flexibility index (Phi) is 5.20. The van der Waals surface area contributed by atoms with Gasteiger partial charge in [0.2, 0.25) is 5.82 Å². The molecule has 0 aromatic carbocycles. The Morgan fingerprint density at radius 3 is 2.60 bits per heavy atom. The fourth-order valence-corrected chi connectivity index (χ4v) is 1.81. The van der Waals surface area contributed by atoms with E-state index in [9.17, 15) is 10.1 Å². The van der Waals surface area contributed by atoms with Gasteiger partial charge in [-0.05, 0) is 18.9 Å². The molecule has 1 aromatic heterocycles. The number of ether oxygens (including phenoxy) is 1. The van der Waals surface area contributed by atoms with Gasteiger partial charge in [0.25, 0.3) is 5.88 Å². The zero-order valence-corrected chi connectivity index (χ0v) is 12.3. The first kappa shape index (κ1) is 16.1. The van der Waals surface area contributed by atoms with Crippen LogP contribution in [0.3, 0.4) is 0 Å². The maximum absolute atomic E-state index is 11.3. The van der Waals surface area contributed by atoms with Gasteiger partial charge in [0.1, 0.15) is 6.33 Å². The van der Waals surface area contributed by atoms with Crippen LogP contribution in [-0.2, 0) is 0 Å². The van der Waals surface area contributed by atoms with Crippen LogP contribution < -0.4 is 15.4 Å². The number of anilines is 1. The lowest BCUT2D eigenvalue weighted by Gasteiger charge is -2.31. The van der Waals surface area contributed by atoms with Crippen LogP contribution in [0.25, 0.3) is 0 Å². The molecule has 0 aliphatic heterocycles. The smallest absolute Gasteiger partial charge is 0.372 e. The third-order valence-electron chi connectivity index (χ3n) is 3.00. The standard InChI is InChI=1S/C12H21N5O3/c1-5-16(7-12(2,3)6-13)10-9(17(18)19)11(20-4)15-8-14-10/h8H,5-7,13H2,1-4H3. The SMILES string of the molecule is CCN(CC(C)(C)CN)c1ncnc(OC)c1[N+](=O)[O-]. The third kappa shape index (κ3) is 3.53. The van der Waals surface area contributed by atoms with Gasteiger partial charge in [0, 0.05) is 13.1 Å². The van der Waals surface area contributed by atoms with E-state index in [0.717, 1.165) is 0 Å². The monoisotopic (exact) mass is 283 g/mol. The fourth-order valence-electron chi connectivity index (χ4n) is 1.81. The molecular formula is C12H21N5O3. The average molecular weight is 283 g/mol. The lowest BCUT2D eigenvalue weighted by atomic mass is 9.93. The Bertz CT molecular complexity index is 478. The Morgan fingerprint density at radius 2 is 2.15 bits per heavy atom. The van der Waals surface area contributed by atoms with Crippen molar-refractivity contribution in [3.8, 4) is 5.88 Å². The predicted octanol–water partition coefficient (Wildman–Crippen LogP) is 1.20. The maximum Gasteiger partial charge on any atom is 0.372 e. The molecule has 0 unspecified atom stereocenters. The molecule has 0 aliphatic carbocycles. The van der Waals surface area contributed by atoms with Crippen LogP contribution >= 0.6 is 0 Å². The van der Waals surface area contributed by atoms with Crippen LogP contribution in [0.2, 0.25) is 0 Å². The summed E-state index contributed by atoms with van der Waals surface area (Å²) >= 11 is 0. The molecule has 0 saturated carbocycles. The van der Waals surface area contributed by atoms with E-state index in [1.807, 2.05) is 25.7 Å². The van der Waals surface area contributed by atoms with Crippen LogP contribution in [0.1, 0.15) is 20.8 Å². The van der Waals surface area contributed by atoms with Gasteiger partial charge in [-0.1, -0.05) is 13.8 Å². The predicted molar refractivity (Wildman–Crippen MR) is 76.0 cm³/mol. The van der Waals surface area contributed by atoms with Crippen molar-refractivity contribution < 1.29 is 9.66 Å². The van der Waals surface area contributed by atoms with Crippen molar-refractivity contribution in [3.05, 3.63) is 16.4 Å². The van der Waals surface area contributed by atoms with Crippen molar-refractivity contribution in [1.82, 2.24) is 9.97 Å². The molecule has 2 N–H and O–H groups in total. The first-order valence-corrected chi connectivity index (χ1v) is 6.34. The fraction of sp³-hybridized carbons (Fsp3) is 0.667. The summed E-state index contributed by atoms with van der Waals surface area (Å²) in [6.07, 6.45) is 1.26. The maximum atomic E-state index is 11.3. The van der Waals surface area contributed by atoms with Gasteiger partial charge in [-0.25, -0.2) is 4.98 Å². The third-order valence-corrected chi connectivity index (χ3v) is 3.00. The first-order valence-electron chi connectivity index (χ1n) is 6.34. The molecule has 1 aromatic rings. The van der Waals surface area contributed by atoms with E-state index < -0.39 is 4.92 Å². The summed E-state index contributed by atoms with van der Waals surface area (Å²) in [5.74, 6) is 0.217. The van der Waals surface area contributed by atoms with Gasteiger partial charge in [-0.15, -0.1) is 0 Å².